The Bertz CT molecular complexity index is 201. The summed E-state index contributed by atoms with van der Waals surface area (Å²) in [5, 5.41) is 3.42. The first-order valence-corrected chi connectivity index (χ1v) is 6.75. The molecule has 0 spiro atoms. The Morgan fingerprint density at radius 1 is 1.53 bits per heavy atom. The van der Waals surface area contributed by atoms with Crippen molar-refractivity contribution in [1.82, 2.24) is 15.1 Å². The number of rotatable bonds is 8. The zero-order valence-electron chi connectivity index (χ0n) is 11.9. The summed E-state index contributed by atoms with van der Waals surface area (Å²) in [6, 6.07) is 0.492. The van der Waals surface area contributed by atoms with E-state index < -0.39 is 0 Å². The molecule has 4 nitrogen and oxygen atoms in total. The van der Waals surface area contributed by atoms with Crippen molar-refractivity contribution in [2.24, 2.45) is 5.92 Å². The van der Waals surface area contributed by atoms with Crippen LogP contribution < -0.4 is 5.32 Å². The Morgan fingerprint density at radius 3 is 2.82 bits per heavy atom. The van der Waals surface area contributed by atoms with Gasteiger partial charge in [-0.25, -0.2) is 0 Å². The molecule has 0 aromatic carbocycles. The van der Waals surface area contributed by atoms with E-state index in [1.54, 1.807) is 7.11 Å². The molecular formula is C13H29N3O. The number of nitrogens with zero attached hydrogens (tertiary/aromatic N) is 2. The van der Waals surface area contributed by atoms with Gasteiger partial charge in [0.15, 0.2) is 0 Å². The lowest BCUT2D eigenvalue weighted by atomic mass is 10.1. The van der Waals surface area contributed by atoms with E-state index in [0.717, 1.165) is 25.6 Å². The number of likely N-dealkylation sites (tertiary alicyclic amines) is 1. The van der Waals surface area contributed by atoms with Gasteiger partial charge in [0.2, 0.25) is 0 Å². The summed E-state index contributed by atoms with van der Waals surface area (Å²) in [6.07, 6.45) is 1.34. The molecule has 1 rings (SSSR count). The molecule has 0 aromatic rings. The second kappa shape index (κ2) is 8.03. The smallest absolute Gasteiger partial charge is 0.0630 e. The summed E-state index contributed by atoms with van der Waals surface area (Å²) in [6.45, 7) is 8.68. The molecule has 1 saturated heterocycles. The highest BCUT2D eigenvalue weighted by atomic mass is 16.5. The maximum Gasteiger partial charge on any atom is 0.0630 e. The van der Waals surface area contributed by atoms with Crippen LogP contribution in [-0.4, -0.2) is 76.4 Å². The maximum atomic E-state index is 5.32. The molecule has 1 N–H and O–H groups in total. The third-order valence-corrected chi connectivity index (χ3v) is 3.65. The van der Waals surface area contributed by atoms with E-state index in [1.807, 2.05) is 0 Å². The SMILES string of the molecule is CCNCC(COC)N(C)CC1CCN(C)C1. The minimum atomic E-state index is 0.492. The van der Waals surface area contributed by atoms with E-state index in [0.29, 0.717) is 6.04 Å². The largest absolute Gasteiger partial charge is 0.383 e. The first-order chi connectivity index (χ1) is 8.17. The first kappa shape index (κ1) is 14.9. The van der Waals surface area contributed by atoms with Crippen molar-refractivity contribution in [3.05, 3.63) is 0 Å². The number of methoxy groups -OCH3 is 1. The fourth-order valence-corrected chi connectivity index (χ4v) is 2.58. The molecule has 0 aromatic heterocycles. The van der Waals surface area contributed by atoms with Crippen LogP contribution in [0.25, 0.3) is 0 Å². The van der Waals surface area contributed by atoms with E-state index in [4.69, 9.17) is 4.74 Å². The van der Waals surface area contributed by atoms with Gasteiger partial charge >= 0.3 is 0 Å². The van der Waals surface area contributed by atoms with Gasteiger partial charge in [-0.3, -0.25) is 4.90 Å². The summed E-state index contributed by atoms with van der Waals surface area (Å²) < 4.78 is 5.32. The van der Waals surface area contributed by atoms with Crippen LogP contribution in [-0.2, 0) is 4.74 Å². The monoisotopic (exact) mass is 243 g/mol. The van der Waals surface area contributed by atoms with Crippen molar-refractivity contribution in [3.8, 4) is 0 Å². The van der Waals surface area contributed by atoms with Gasteiger partial charge < -0.3 is 15.0 Å². The van der Waals surface area contributed by atoms with Gasteiger partial charge in [-0.15, -0.1) is 0 Å². The number of ether oxygens (including phenoxy) is 1. The molecule has 0 amide bonds. The van der Waals surface area contributed by atoms with Gasteiger partial charge in [0.05, 0.1) is 6.61 Å². The average Bonchev–Trinajstić information content (AvgIpc) is 2.70. The van der Waals surface area contributed by atoms with E-state index in [9.17, 15) is 0 Å². The van der Waals surface area contributed by atoms with Crippen LogP contribution in [0.3, 0.4) is 0 Å². The van der Waals surface area contributed by atoms with E-state index in [1.165, 1.54) is 26.1 Å². The minimum Gasteiger partial charge on any atom is -0.383 e. The Hall–Kier alpha value is -0.160. The lowest BCUT2D eigenvalue weighted by Gasteiger charge is -2.30. The molecule has 17 heavy (non-hydrogen) atoms. The molecule has 2 unspecified atom stereocenters. The number of hydrogen-bond acceptors (Lipinski definition) is 4. The highest BCUT2D eigenvalue weighted by Gasteiger charge is 2.23. The fourth-order valence-electron chi connectivity index (χ4n) is 2.58. The lowest BCUT2D eigenvalue weighted by molar-refractivity contribution is 0.0964. The Morgan fingerprint density at radius 2 is 2.29 bits per heavy atom. The van der Waals surface area contributed by atoms with Crippen LogP contribution in [0.15, 0.2) is 0 Å². The molecule has 0 saturated carbocycles. The molecule has 1 heterocycles. The number of likely N-dealkylation sites (N-methyl/N-ethyl adjacent to an activating group) is 2. The van der Waals surface area contributed by atoms with Gasteiger partial charge in [0, 0.05) is 32.8 Å². The molecular weight excluding hydrogens is 214 g/mol. The minimum absolute atomic E-state index is 0.492. The van der Waals surface area contributed by atoms with Gasteiger partial charge in [-0.05, 0) is 39.5 Å². The van der Waals surface area contributed by atoms with Gasteiger partial charge in [-0.1, -0.05) is 6.92 Å². The first-order valence-electron chi connectivity index (χ1n) is 6.75. The number of hydrogen-bond donors (Lipinski definition) is 1. The third kappa shape index (κ3) is 5.34. The van der Waals surface area contributed by atoms with Crippen molar-refractivity contribution in [3.63, 3.8) is 0 Å². The van der Waals surface area contributed by atoms with Crippen LogP contribution in [0, 0.1) is 5.92 Å². The summed E-state index contributed by atoms with van der Waals surface area (Å²) >= 11 is 0. The van der Waals surface area contributed by atoms with E-state index >= 15 is 0 Å². The van der Waals surface area contributed by atoms with Gasteiger partial charge in [0.1, 0.15) is 0 Å². The average molecular weight is 243 g/mol. The Balaban J connectivity index is 2.32. The van der Waals surface area contributed by atoms with Crippen molar-refractivity contribution in [2.75, 3.05) is 60.5 Å². The normalized spacial score (nSPS) is 23.5. The van der Waals surface area contributed by atoms with Crippen LogP contribution in [0.4, 0.5) is 0 Å². The zero-order chi connectivity index (χ0) is 12.7. The summed E-state index contributed by atoms with van der Waals surface area (Å²) in [4.78, 5) is 4.88. The highest BCUT2D eigenvalue weighted by molar-refractivity contribution is 4.79. The molecule has 102 valence electrons. The molecule has 1 aliphatic rings. The third-order valence-electron chi connectivity index (χ3n) is 3.65. The van der Waals surface area contributed by atoms with Crippen molar-refractivity contribution in [2.45, 2.75) is 19.4 Å². The predicted octanol–water partition coefficient (Wildman–Crippen LogP) is 0.494. The summed E-state index contributed by atoms with van der Waals surface area (Å²) in [5.41, 5.74) is 0. The van der Waals surface area contributed by atoms with Crippen LogP contribution >= 0.6 is 0 Å². The Kier molecular flexibility index (Phi) is 7.04. The molecule has 4 heteroatoms. The lowest BCUT2D eigenvalue weighted by Crippen LogP contribution is -2.45. The predicted molar refractivity (Wildman–Crippen MR) is 72.4 cm³/mol. The van der Waals surface area contributed by atoms with Crippen molar-refractivity contribution >= 4 is 0 Å². The molecule has 0 aliphatic carbocycles. The zero-order valence-corrected chi connectivity index (χ0v) is 11.9. The van der Waals surface area contributed by atoms with E-state index in [-0.39, 0.29) is 0 Å². The standard InChI is InChI=1S/C13H29N3O/c1-5-14-8-13(11-17-4)16(3)10-12-6-7-15(2)9-12/h12-14H,5-11H2,1-4H3. The van der Waals surface area contributed by atoms with Crippen molar-refractivity contribution < 1.29 is 4.74 Å². The second-order valence-electron chi connectivity index (χ2n) is 5.27. The van der Waals surface area contributed by atoms with Gasteiger partial charge in [-0.2, -0.15) is 0 Å². The Labute approximate surface area is 106 Å². The molecule has 1 fully saturated rings. The fraction of sp³-hybridized carbons (Fsp3) is 1.00. The summed E-state index contributed by atoms with van der Waals surface area (Å²) in [5.74, 6) is 0.825. The van der Waals surface area contributed by atoms with E-state index in [2.05, 4.69) is 36.1 Å². The highest BCUT2D eigenvalue weighted by Crippen LogP contribution is 2.16. The van der Waals surface area contributed by atoms with Crippen LogP contribution in [0.5, 0.6) is 0 Å². The molecule has 0 radical (unpaired) electrons. The maximum absolute atomic E-state index is 5.32. The van der Waals surface area contributed by atoms with Crippen LogP contribution in [0.2, 0.25) is 0 Å². The molecule has 2 atom stereocenters. The molecule has 0 bridgehead atoms. The van der Waals surface area contributed by atoms with Gasteiger partial charge in [0.25, 0.3) is 0 Å². The quantitative estimate of drug-likeness (QED) is 0.672. The summed E-state index contributed by atoms with van der Waals surface area (Å²) in [7, 11) is 6.22. The number of nitrogens with one attached hydrogen (secondary N) is 1. The molecule has 1 aliphatic heterocycles. The second-order valence-corrected chi connectivity index (χ2v) is 5.27. The van der Waals surface area contributed by atoms with Crippen LogP contribution in [0.1, 0.15) is 13.3 Å². The van der Waals surface area contributed by atoms with Crippen molar-refractivity contribution in [1.29, 1.82) is 0 Å². The topological polar surface area (TPSA) is 27.7 Å².